The van der Waals surface area contributed by atoms with Gasteiger partial charge in [-0.1, -0.05) is 59.9 Å². The van der Waals surface area contributed by atoms with Crippen molar-refractivity contribution in [2.45, 2.75) is 25.4 Å². The van der Waals surface area contributed by atoms with E-state index in [-0.39, 0.29) is 12.5 Å². The van der Waals surface area contributed by atoms with Crippen LogP contribution in [0.4, 0.5) is 9.93 Å². The van der Waals surface area contributed by atoms with Crippen LogP contribution in [0, 0.1) is 0 Å². The Morgan fingerprint density at radius 2 is 1.74 bits per heavy atom. The van der Waals surface area contributed by atoms with Gasteiger partial charge < -0.3 is 9.84 Å². The Balaban J connectivity index is 1.46. The first-order valence-electron chi connectivity index (χ1n) is 8.74. The first-order chi connectivity index (χ1) is 12.9. The molecule has 1 heterocycles. The maximum absolute atomic E-state index is 12.2. The normalized spacial score (nSPS) is 13.1. The molecule has 0 aliphatic heterocycles. The van der Waals surface area contributed by atoms with E-state index in [0.29, 0.717) is 10.0 Å². The minimum Gasteiger partial charge on any atom is -0.448 e. The molecule has 2 N–H and O–H groups in total. The van der Waals surface area contributed by atoms with Gasteiger partial charge in [-0.15, -0.1) is 0 Å². The Kier molecular flexibility index (Phi) is 4.45. The van der Waals surface area contributed by atoms with Gasteiger partial charge in [0.1, 0.15) is 6.61 Å². The van der Waals surface area contributed by atoms with Crippen molar-refractivity contribution in [1.82, 2.24) is 4.98 Å². The Hall–Kier alpha value is -2.70. The zero-order chi connectivity index (χ0) is 19.0. The molecule has 0 saturated carbocycles. The van der Waals surface area contributed by atoms with Gasteiger partial charge in [-0.25, -0.2) is 9.78 Å². The zero-order valence-electron chi connectivity index (χ0n) is 15.1. The van der Waals surface area contributed by atoms with Crippen LogP contribution in [0.1, 0.15) is 35.8 Å². The number of thiazole rings is 1. The van der Waals surface area contributed by atoms with Crippen molar-refractivity contribution in [3.05, 3.63) is 70.7 Å². The molecule has 0 saturated heterocycles. The van der Waals surface area contributed by atoms with Gasteiger partial charge in [0.2, 0.25) is 0 Å². The highest BCUT2D eigenvalue weighted by Crippen LogP contribution is 2.44. The SMILES string of the molecule is CC(C)(O)c1cnc(NC(=O)OCC2c3ccccc3-c3ccccc32)s1. The monoisotopic (exact) mass is 380 g/mol. The van der Waals surface area contributed by atoms with Gasteiger partial charge >= 0.3 is 6.09 Å². The standard InChI is InChI=1S/C21H20N2O3S/c1-21(2,25)18-11-22-19(27-18)23-20(24)26-12-17-15-9-5-3-7-13(15)14-8-4-6-10-16(14)17/h3-11,17,25H,12H2,1-2H3,(H,22,23,24). The van der Waals surface area contributed by atoms with E-state index < -0.39 is 11.7 Å². The second-order valence-electron chi connectivity index (χ2n) is 7.04. The molecule has 0 radical (unpaired) electrons. The summed E-state index contributed by atoms with van der Waals surface area (Å²) in [6.07, 6.45) is 1.01. The number of carbonyl (C=O) groups is 1. The first kappa shape index (κ1) is 17.7. The molecule has 0 unspecified atom stereocenters. The molecule has 27 heavy (non-hydrogen) atoms. The van der Waals surface area contributed by atoms with Gasteiger partial charge in [0, 0.05) is 12.1 Å². The fourth-order valence-corrected chi connectivity index (χ4v) is 4.14. The van der Waals surface area contributed by atoms with Crippen LogP contribution in [0.5, 0.6) is 0 Å². The van der Waals surface area contributed by atoms with E-state index in [1.807, 2.05) is 24.3 Å². The predicted octanol–water partition coefficient (Wildman–Crippen LogP) is 4.73. The highest BCUT2D eigenvalue weighted by atomic mass is 32.1. The molecule has 1 aliphatic carbocycles. The zero-order valence-corrected chi connectivity index (χ0v) is 15.9. The van der Waals surface area contributed by atoms with Gasteiger partial charge in [0.15, 0.2) is 5.13 Å². The van der Waals surface area contributed by atoms with Crippen LogP contribution < -0.4 is 5.32 Å². The summed E-state index contributed by atoms with van der Waals surface area (Å²) in [6, 6.07) is 16.4. The number of benzene rings is 2. The number of fused-ring (bicyclic) bond motifs is 3. The number of amides is 1. The maximum Gasteiger partial charge on any atom is 0.413 e. The molecular formula is C21H20N2O3S. The van der Waals surface area contributed by atoms with Crippen molar-refractivity contribution in [2.24, 2.45) is 0 Å². The summed E-state index contributed by atoms with van der Waals surface area (Å²) in [7, 11) is 0. The molecule has 138 valence electrons. The van der Waals surface area contributed by atoms with E-state index in [2.05, 4.69) is 34.6 Å². The number of aliphatic hydroxyl groups is 1. The van der Waals surface area contributed by atoms with E-state index in [9.17, 15) is 9.90 Å². The van der Waals surface area contributed by atoms with Crippen LogP contribution in [-0.4, -0.2) is 22.8 Å². The Labute approximate surface area is 161 Å². The smallest absolute Gasteiger partial charge is 0.413 e. The number of nitrogens with one attached hydrogen (secondary N) is 1. The number of hydrogen-bond donors (Lipinski definition) is 2. The lowest BCUT2D eigenvalue weighted by molar-refractivity contribution is 0.0823. The number of rotatable bonds is 4. The third-order valence-corrected chi connectivity index (χ3v) is 5.89. The number of anilines is 1. The first-order valence-corrected chi connectivity index (χ1v) is 9.56. The van der Waals surface area contributed by atoms with Gasteiger partial charge in [0.05, 0.1) is 10.5 Å². The largest absolute Gasteiger partial charge is 0.448 e. The van der Waals surface area contributed by atoms with Crippen molar-refractivity contribution >= 4 is 22.6 Å². The van der Waals surface area contributed by atoms with Crippen molar-refractivity contribution in [3.63, 3.8) is 0 Å². The molecule has 5 nitrogen and oxygen atoms in total. The third kappa shape index (κ3) is 3.46. The molecule has 1 aromatic heterocycles. The van der Waals surface area contributed by atoms with Crippen molar-refractivity contribution in [3.8, 4) is 11.1 Å². The van der Waals surface area contributed by atoms with E-state index in [4.69, 9.17) is 4.74 Å². The fourth-order valence-electron chi connectivity index (χ4n) is 3.34. The van der Waals surface area contributed by atoms with Gasteiger partial charge in [-0.3, -0.25) is 5.32 Å². The van der Waals surface area contributed by atoms with Crippen molar-refractivity contribution < 1.29 is 14.6 Å². The van der Waals surface area contributed by atoms with E-state index in [1.54, 1.807) is 20.0 Å². The van der Waals surface area contributed by atoms with Crippen molar-refractivity contribution in [1.29, 1.82) is 0 Å². The minimum atomic E-state index is -0.987. The molecule has 4 rings (SSSR count). The third-order valence-electron chi connectivity index (χ3n) is 4.66. The minimum absolute atomic E-state index is 0.0198. The number of hydrogen-bond acceptors (Lipinski definition) is 5. The highest BCUT2D eigenvalue weighted by molar-refractivity contribution is 7.15. The molecule has 2 aromatic carbocycles. The van der Waals surface area contributed by atoms with Crippen molar-refractivity contribution in [2.75, 3.05) is 11.9 Å². The van der Waals surface area contributed by atoms with Gasteiger partial charge in [0.25, 0.3) is 0 Å². The fraction of sp³-hybridized carbons (Fsp3) is 0.238. The summed E-state index contributed by atoms with van der Waals surface area (Å²) in [5, 5.41) is 13.0. The lowest BCUT2D eigenvalue weighted by Gasteiger charge is -2.14. The average Bonchev–Trinajstić information content (AvgIpc) is 3.23. The second kappa shape index (κ2) is 6.79. The molecule has 1 amide bonds. The number of carbonyl (C=O) groups excluding carboxylic acids is 1. The molecule has 0 atom stereocenters. The molecule has 0 bridgehead atoms. The van der Waals surface area contributed by atoms with E-state index in [0.717, 1.165) is 0 Å². The van der Waals surface area contributed by atoms with Crippen LogP contribution >= 0.6 is 11.3 Å². The average molecular weight is 380 g/mol. The molecule has 0 spiro atoms. The maximum atomic E-state index is 12.2. The molecule has 6 heteroatoms. The molecular weight excluding hydrogens is 360 g/mol. The van der Waals surface area contributed by atoms with Gasteiger partial charge in [-0.2, -0.15) is 0 Å². The van der Waals surface area contributed by atoms with Gasteiger partial charge in [-0.05, 0) is 36.1 Å². The summed E-state index contributed by atoms with van der Waals surface area (Å²) >= 11 is 1.23. The molecule has 3 aromatic rings. The Bertz CT molecular complexity index is 945. The number of ether oxygens (including phenoxy) is 1. The van der Waals surface area contributed by atoms with Crippen LogP contribution in [0.15, 0.2) is 54.7 Å². The van der Waals surface area contributed by atoms with Crippen LogP contribution in [0.3, 0.4) is 0 Å². The topological polar surface area (TPSA) is 71.5 Å². The quantitative estimate of drug-likeness (QED) is 0.686. The lowest BCUT2D eigenvalue weighted by Crippen LogP contribution is -2.17. The molecule has 1 aliphatic rings. The summed E-state index contributed by atoms with van der Waals surface area (Å²) < 4.78 is 5.49. The van der Waals surface area contributed by atoms with Crippen LogP contribution in [0.2, 0.25) is 0 Å². The lowest BCUT2D eigenvalue weighted by atomic mass is 9.98. The Morgan fingerprint density at radius 1 is 1.15 bits per heavy atom. The summed E-state index contributed by atoms with van der Waals surface area (Å²) in [5.74, 6) is 0.0198. The number of nitrogens with zero attached hydrogens (tertiary/aromatic N) is 1. The molecule has 0 fully saturated rings. The van der Waals surface area contributed by atoms with E-state index in [1.165, 1.54) is 33.6 Å². The Morgan fingerprint density at radius 3 is 2.30 bits per heavy atom. The summed E-state index contributed by atoms with van der Waals surface area (Å²) in [4.78, 5) is 17.0. The van der Waals surface area contributed by atoms with Crippen LogP contribution in [-0.2, 0) is 10.3 Å². The predicted molar refractivity (Wildman–Crippen MR) is 106 cm³/mol. The second-order valence-corrected chi connectivity index (χ2v) is 8.07. The summed E-state index contributed by atoms with van der Waals surface area (Å²) in [5.41, 5.74) is 3.74. The summed E-state index contributed by atoms with van der Waals surface area (Å²) in [6.45, 7) is 3.61. The highest BCUT2D eigenvalue weighted by Gasteiger charge is 2.29. The number of aromatic nitrogens is 1. The van der Waals surface area contributed by atoms with E-state index >= 15 is 0 Å². The van der Waals surface area contributed by atoms with Crippen LogP contribution in [0.25, 0.3) is 11.1 Å².